The molecule has 26 heavy (non-hydrogen) atoms. The second-order valence-electron chi connectivity index (χ2n) is 7.59. The lowest BCUT2D eigenvalue weighted by Crippen LogP contribution is -2.37. The quantitative estimate of drug-likeness (QED) is 0.582. The Morgan fingerprint density at radius 2 is 1.69 bits per heavy atom. The van der Waals surface area contributed by atoms with Crippen LogP contribution in [0, 0.1) is 5.92 Å². The molecule has 2 aliphatic rings. The van der Waals surface area contributed by atoms with E-state index in [1.807, 2.05) is 18.2 Å². The molecule has 5 heteroatoms. The van der Waals surface area contributed by atoms with Gasteiger partial charge in [-0.05, 0) is 37.8 Å². The topological polar surface area (TPSA) is 61.4 Å². The molecule has 0 aliphatic heterocycles. The molecule has 0 spiro atoms. The third kappa shape index (κ3) is 5.07. The van der Waals surface area contributed by atoms with Crippen LogP contribution in [-0.4, -0.2) is 38.0 Å². The van der Waals surface area contributed by atoms with E-state index >= 15 is 0 Å². The minimum absolute atomic E-state index is 0.111. The number of anilines is 1. The van der Waals surface area contributed by atoms with Crippen LogP contribution in [0.4, 0.5) is 5.69 Å². The summed E-state index contributed by atoms with van der Waals surface area (Å²) in [6, 6.07) is 7.94. The lowest BCUT2D eigenvalue weighted by Gasteiger charge is -2.20. The largest absolute Gasteiger partial charge is 0.351 e. The molecule has 0 heterocycles. The Balaban J connectivity index is 1.50. The minimum Gasteiger partial charge on any atom is -0.351 e. The first kappa shape index (κ1) is 18.9. The van der Waals surface area contributed by atoms with Crippen molar-refractivity contribution in [2.45, 2.75) is 57.4 Å². The Hall–Kier alpha value is -1.88. The molecule has 0 atom stereocenters. The zero-order chi connectivity index (χ0) is 18.4. The Morgan fingerprint density at radius 3 is 2.38 bits per heavy atom. The van der Waals surface area contributed by atoms with E-state index in [0.717, 1.165) is 19.4 Å². The normalized spacial score (nSPS) is 18.2. The van der Waals surface area contributed by atoms with Crippen molar-refractivity contribution in [2.75, 3.05) is 25.0 Å². The fraction of sp³-hybridized carbons (Fsp3) is 0.619. The molecule has 0 aromatic heterocycles. The first-order valence-corrected chi connectivity index (χ1v) is 10.0. The summed E-state index contributed by atoms with van der Waals surface area (Å²) < 4.78 is 0. The van der Waals surface area contributed by atoms with Crippen LogP contribution in [0.5, 0.6) is 0 Å². The van der Waals surface area contributed by atoms with Crippen molar-refractivity contribution in [1.29, 1.82) is 0 Å². The van der Waals surface area contributed by atoms with Crippen LogP contribution >= 0.6 is 0 Å². The van der Waals surface area contributed by atoms with Crippen molar-refractivity contribution in [3.63, 3.8) is 0 Å². The number of carbonyl (C=O) groups is 2. The number of hydrogen-bond donors (Lipinski definition) is 2. The molecule has 0 saturated heterocycles. The Morgan fingerprint density at radius 1 is 1.00 bits per heavy atom. The predicted molar refractivity (Wildman–Crippen MR) is 104 cm³/mol. The van der Waals surface area contributed by atoms with Crippen LogP contribution in [0.15, 0.2) is 24.3 Å². The molecular weight excluding hydrogens is 326 g/mol. The fourth-order valence-corrected chi connectivity index (χ4v) is 3.71. The van der Waals surface area contributed by atoms with Crippen LogP contribution in [0.25, 0.3) is 0 Å². The lowest BCUT2D eigenvalue weighted by atomic mass is 10.1. The summed E-state index contributed by atoms with van der Waals surface area (Å²) in [5.41, 5.74) is 1.26. The van der Waals surface area contributed by atoms with Gasteiger partial charge in [0.2, 0.25) is 5.91 Å². The van der Waals surface area contributed by atoms with Gasteiger partial charge in [0.25, 0.3) is 5.91 Å². The number of nitrogens with one attached hydrogen (secondary N) is 2. The molecule has 0 bridgehead atoms. The predicted octanol–water partition coefficient (Wildman–Crippen LogP) is 3.10. The Bertz CT molecular complexity index is 619. The molecule has 142 valence electrons. The zero-order valence-corrected chi connectivity index (χ0v) is 15.8. The molecule has 2 saturated carbocycles. The Kier molecular flexibility index (Phi) is 6.67. The van der Waals surface area contributed by atoms with Gasteiger partial charge in [0, 0.05) is 32.1 Å². The number of benzene rings is 1. The number of rotatable bonds is 7. The SMILES string of the molecule is CN(C(=O)C1CC1)c1ccccc1C(=O)NCCNC1CCCCCC1. The van der Waals surface area contributed by atoms with Crippen molar-refractivity contribution in [2.24, 2.45) is 5.92 Å². The van der Waals surface area contributed by atoms with Crippen LogP contribution in [0.3, 0.4) is 0 Å². The van der Waals surface area contributed by atoms with Crippen molar-refractivity contribution in [3.05, 3.63) is 29.8 Å². The lowest BCUT2D eigenvalue weighted by molar-refractivity contribution is -0.119. The first-order chi connectivity index (χ1) is 12.7. The number of nitrogens with zero attached hydrogens (tertiary/aromatic N) is 1. The smallest absolute Gasteiger partial charge is 0.253 e. The van der Waals surface area contributed by atoms with Gasteiger partial charge in [-0.1, -0.05) is 37.8 Å². The first-order valence-electron chi connectivity index (χ1n) is 10.0. The van der Waals surface area contributed by atoms with Gasteiger partial charge in [-0.25, -0.2) is 0 Å². The average molecular weight is 357 g/mol. The third-order valence-corrected chi connectivity index (χ3v) is 5.47. The summed E-state index contributed by atoms with van der Waals surface area (Å²) in [5, 5.41) is 6.56. The van der Waals surface area contributed by atoms with Crippen LogP contribution in [0.1, 0.15) is 61.7 Å². The highest BCUT2D eigenvalue weighted by molar-refractivity contribution is 6.05. The maximum absolute atomic E-state index is 12.6. The van der Waals surface area contributed by atoms with Gasteiger partial charge in [-0.2, -0.15) is 0 Å². The van der Waals surface area contributed by atoms with E-state index in [2.05, 4.69) is 10.6 Å². The van der Waals surface area contributed by atoms with Crippen molar-refractivity contribution in [3.8, 4) is 0 Å². The molecule has 5 nitrogen and oxygen atoms in total. The second kappa shape index (κ2) is 9.17. The summed E-state index contributed by atoms with van der Waals surface area (Å²) in [7, 11) is 1.76. The number of amides is 2. The van der Waals surface area contributed by atoms with E-state index in [9.17, 15) is 9.59 Å². The standard InChI is InChI=1S/C21H31N3O2/c1-24(21(26)16-12-13-16)19-11-7-6-10-18(19)20(25)23-15-14-22-17-8-4-2-3-5-9-17/h6-7,10-11,16-17,22H,2-5,8-9,12-15H2,1H3,(H,23,25). The van der Waals surface area contributed by atoms with E-state index in [-0.39, 0.29) is 17.7 Å². The highest BCUT2D eigenvalue weighted by Crippen LogP contribution is 2.33. The molecular formula is C21H31N3O2. The van der Waals surface area contributed by atoms with E-state index in [1.165, 1.54) is 38.5 Å². The zero-order valence-electron chi connectivity index (χ0n) is 15.8. The molecule has 2 N–H and O–H groups in total. The third-order valence-electron chi connectivity index (χ3n) is 5.47. The van der Waals surface area contributed by atoms with Crippen LogP contribution < -0.4 is 15.5 Å². The number of para-hydroxylation sites is 1. The van der Waals surface area contributed by atoms with E-state index in [0.29, 0.717) is 23.8 Å². The van der Waals surface area contributed by atoms with E-state index in [1.54, 1.807) is 18.0 Å². The minimum atomic E-state index is -0.112. The molecule has 1 aromatic rings. The highest BCUT2D eigenvalue weighted by atomic mass is 16.2. The monoisotopic (exact) mass is 357 g/mol. The number of hydrogen-bond acceptors (Lipinski definition) is 3. The Labute approximate surface area is 156 Å². The van der Waals surface area contributed by atoms with Gasteiger partial charge in [0.05, 0.1) is 11.3 Å². The fourth-order valence-electron chi connectivity index (χ4n) is 3.71. The molecule has 2 fully saturated rings. The van der Waals surface area contributed by atoms with Crippen LogP contribution in [0.2, 0.25) is 0 Å². The molecule has 2 amide bonds. The summed E-state index contributed by atoms with van der Waals surface area (Å²) in [5.74, 6) is 0.138. The summed E-state index contributed by atoms with van der Waals surface area (Å²) in [4.78, 5) is 26.6. The van der Waals surface area contributed by atoms with Crippen molar-refractivity contribution >= 4 is 17.5 Å². The second-order valence-corrected chi connectivity index (χ2v) is 7.59. The summed E-state index contributed by atoms with van der Waals surface area (Å²) in [6.45, 7) is 1.39. The van der Waals surface area contributed by atoms with Crippen molar-refractivity contribution in [1.82, 2.24) is 10.6 Å². The van der Waals surface area contributed by atoms with Gasteiger partial charge in [0.15, 0.2) is 0 Å². The molecule has 3 rings (SSSR count). The molecule has 2 aliphatic carbocycles. The number of carbonyl (C=O) groups excluding carboxylic acids is 2. The summed E-state index contributed by atoms with van der Waals surface area (Å²) in [6.07, 6.45) is 9.71. The van der Waals surface area contributed by atoms with E-state index < -0.39 is 0 Å². The summed E-state index contributed by atoms with van der Waals surface area (Å²) >= 11 is 0. The van der Waals surface area contributed by atoms with Gasteiger partial charge >= 0.3 is 0 Å². The van der Waals surface area contributed by atoms with Gasteiger partial charge in [-0.3, -0.25) is 9.59 Å². The van der Waals surface area contributed by atoms with Crippen LogP contribution in [-0.2, 0) is 4.79 Å². The molecule has 1 aromatic carbocycles. The van der Waals surface area contributed by atoms with Gasteiger partial charge < -0.3 is 15.5 Å². The molecule has 0 unspecified atom stereocenters. The van der Waals surface area contributed by atoms with Gasteiger partial charge in [-0.15, -0.1) is 0 Å². The molecule has 0 radical (unpaired) electrons. The van der Waals surface area contributed by atoms with E-state index in [4.69, 9.17) is 0 Å². The maximum atomic E-state index is 12.6. The highest BCUT2D eigenvalue weighted by Gasteiger charge is 2.33. The van der Waals surface area contributed by atoms with Gasteiger partial charge in [0.1, 0.15) is 0 Å². The van der Waals surface area contributed by atoms with Crippen molar-refractivity contribution < 1.29 is 9.59 Å². The maximum Gasteiger partial charge on any atom is 0.253 e. The average Bonchev–Trinajstić information content (AvgIpc) is 3.51.